The molecule has 106 valence electrons. The normalized spacial score (nSPS) is 11.0. The maximum Gasteiger partial charge on any atom is 0.265 e. The fourth-order valence-electron chi connectivity index (χ4n) is 1.68. The third kappa shape index (κ3) is 4.01. The first-order valence-electron chi connectivity index (χ1n) is 6.20. The van der Waals surface area contributed by atoms with E-state index < -0.39 is 11.8 Å². The zero-order valence-corrected chi connectivity index (χ0v) is 11.0. The first-order chi connectivity index (χ1) is 10.1. The lowest BCUT2D eigenvalue weighted by atomic mass is 10.1. The Kier molecular flexibility index (Phi) is 4.46. The molecule has 0 bridgehead atoms. The number of halogens is 1. The average molecular weight is 284 g/mol. The molecule has 0 saturated heterocycles. The Hall–Kier alpha value is -2.95. The summed E-state index contributed by atoms with van der Waals surface area (Å²) in [5, 5.41) is 2.45. The SMILES string of the molecule is NC(=O)C(=Cc1ccc(F)cc1)NC(=O)c1ccccc1. The predicted molar refractivity (Wildman–Crippen MR) is 77.5 cm³/mol. The maximum absolute atomic E-state index is 12.8. The van der Waals surface area contributed by atoms with Crippen LogP contribution in [0.5, 0.6) is 0 Å². The van der Waals surface area contributed by atoms with E-state index in [2.05, 4.69) is 5.32 Å². The quantitative estimate of drug-likeness (QED) is 0.844. The molecule has 0 aliphatic rings. The molecule has 3 N–H and O–H groups in total. The minimum Gasteiger partial charge on any atom is -0.364 e. The number of hydrogen-bond acceptors (Lipinski definition) is 2. The van der Waals surface area contributed by atoms with Crippen molar-refractivity contribution in [1.29, 1.82) is 0 Å². The Morgan fingerprint density at radius 3 is 2.19 bits per heavy atom. The number of hydrogen-bond donors (Lipinski definition) is 2. The third-order valence-electron chi connectivity index (χ3n) is 2.73. The standard InChI is InChI=1S/C16H13FN2O2/c17-13-8-6-11(7-9-13)10-14(15(18)20)19-16(21)12-4-2-1-3-5-12/h1-10H,(H2,18,20)(H,19,21). The largest absolute Gasteiger partial charge is 0.364 e. The number of benzene rings is 2. The topological polar surface area (TPSA) is 72.2 Å². The lowest BCUT2D eigenvalue weighted by molar-refractivity contribution is -0.114. The van der Waals surface area contributed by atoms with Crippen LogP contribution in [0.3, 0.4) is 0 Å². The van der Waals surface area contributed by atoms with Gasteiger partial charge in [-0.1, -0.05) is 30.3 Å². The Morgan fingerprint density at radius 2 is 1.62 bits per heavy atom. The maximum atomic E-state index is 12.8. The molecule has 0 radical (unpaired) electrons. The minimum atomic E-state index is -0.774. The molecule has 0 spiro atoms. The average Bonchev–Trinajstić information content (AvgIpc) is 2.49. The molecule has 5 heteroatoms. The molecule has 0 unspecified atom stereocenters. The summed E-state index contributed by atoms with van der Waals surface area (Å²) in [6.07, 6.45) is 1.39. The number of primary amides is 1. The monoisotopic (exact) mass is 284 g/mol. The van der Waals surface area contributed by atoms with E-state index in [1.54, 1.807) is 30.3 Å². The molecule has 0 aliphatic heterocycles. The van der Waals surface area contributed by atoms with Crippen molar-refractivity contribution >= 4 is 17.9 Å². The van der Waals surface area contributed by atoms with Crippen LogP contribution in [0.25, 0.3) is 6.08 Å². The summed E-state index contributed by atoms with van der Waals surface area (Å²) in [6.45, 7) is 0. The number of nitrogens with two attached hydrogens (primary N) is 1. The van der Waals surface area contributed by atoms with Crippen LogP contribution in [-0.2, 0) is 4.79 Å². The molecule has 2 rings (SSSR count). The van der Waals surface area contributed by atoms with Crippen LogP contribution in [0.2, 0.25) is 0 Å². The van der Waals surface area contributed by atoms with Crippen molar-refractivity contribution in [3.63, 3.8) is 0 Å². The van der Waals surface area contributed by atoms with Crippen LogP contribution in [0.15, 0.2) is 60.3 Å². The second-order valence-corrected chi connectivity index (χ2v) is 4.29. The van der Waals surface area contributed by atoms with Gasteiger partial charge < -0.3 is 11.1 Å². The molecule has 0 saturated carbocycles. The second kappa shape index (κ2) is 6.47. The summed E-state index contributed by atoms with van der Waals surface area (Å²) >= 11 is 0. The molecule has 0 atom stereocenters. The summed E-state index contributed by atoms with van der Waals surface area (Å²) < 4.78 is 12.8. The smallest absolute Gasteiger partial charge is 0.265 e. The van der Waals surface area contributed by atoms with Crippen molar-refractivity contribution in [1.82, 2.24) is 5.32 Å². The van der Waals surface area contributed by atoms with Crippen LogP contribution >= 0.6 is 0 Å². The Morgan fingerprint density at radius 1 is 1.00 bits per heavy atom. The number of nitrogens with one attached hydrogen (secondary N) is 1. The van der Waals surface area contributed by atoms with Gasteiger partial charge in [0.1, 0.15) is 11.5 Å². The molecular weight excluding hydrogens is 271 g/mol. The van der Waals surface area contributed by atoms with Gasteiger partial charge in [-0.25, -0.2) is 4.39 Å². The molecule has 0 aliphatic carbocycles. The Bertz CT molecular complexity index is 679. The van der Waals surface area contributed by atoms with Crippen molar-refractivity contribution in [2.75, 3.05) is 0 Å². The van der Waals surface area contributed by atoms with Gasteiger partial charge in [0, 0.05) is 5.56 Å². The predicted octanol–water partition coefficient (Wildman–Crippen LogP) is 2.08. The van der Waals surface area contributed by atoms with Gasteiger partial charge in [-0.3, -0.25) is 9.59 Å². The van der Waals surface area contributed by atoms with Gasteiger partial charge >= 0.3 is 0 Å². The zero-order valence-electron chi connectivity index (χ0n) is 11.0. The molecule has 0 heterocycles. The van der Waals surface area contributed by atoms with Crippen LogP contribution in [0, 0.1) is 5.82 Å². The Balaban J connectivity index is 2.22. The highest BCUT2D eigenvalue weighted by atomic mass is 19.1. The molecule has 2 amide bonds. The van der Waals surface area contributed by atoms with Gasteiger partial charge in [-0.05, 0) is 35.9 Å². The van der Waals surface area contributed by atoms with Crippen molar-refractivity contribution < 1.29 is 14.0 Å². The first-order valence-corrected chi connectivity index (χ1v) is 6.20. The summed E-state index contributed by atoms with van der Waals surface area (Å²) in [5.41, 5.74) is 6.15. The fraction of sp³-hybridized carbons (Fsp3) is 0. The van der Waals surface area contributed by atoms with Gasteiger partial charge in [0.2, 0.25) is 0 Å². The van der Waals surface area contributed by atoms with Gasteiger partial charge in [-0.15, -0.1) is 0 Å². The Labute approximate surface area is 121 Å². The summed E-state index contributed by atoms with van der Waals surface area (Å²) in [5.74, 6) is -1.60. The lowest BCUT2D eigenvalue weighted by Crippen LogP contribution is -2.31. The summed E-state index contributed by atoms with van der Waals surface area (Å²) in [6, 6.07) is 13.9. The van der Waals surface area contributed by atoms with Crippen LogP contribution in [0.1, 0.15) is 15.9 Å². The number of amides is 2. The molecule has 2 aromatic rings. The molecule has 0 aromatic heterocycles. The summed E-state index contributed by atoms with van der Waals surface area (Å²) in [4.78, 5) is 23.4. The van der Waals surface area contributed by atoms with E-state index in [1.807, 2.05) is 0 Å². The van der Waals surface area contributed by atoms with Crippen LogP contribution in [-0.4, -0.2) is 11.8 Å². The number of carbonyl (C=O) groups is 2. The summed E-state index contributed by atoms with van der Waals surface area (Å²) in [7, 11) is 0. The van der Waals surface area contributed by atoms with Gasteiger partial charge in [0.25, 0.3) is 11.8 Å². The van der Waals surface area contributed by atoms with E-state index in [1.165, 1.54) is 30.3 Å². The minimum absolute atomic E-state index is 0.0598. The molecule has 0 fully saturated rings. The van der Waals surface area contributed by atoms with E-state index in [9.17, 15) is 14.0 Å². The van der Waals surface area contributed by atoms with Gasteiger partial charge in [0.15, 0.2) is 0 Å². The highest BCUT2D eigenvalue weighted by Crippen LogP contribution is 2.08. The second-order valence-electron chi connectivity index (χ2n) is 4.29. The first kappa shape index (κ1) is 14.5. The van der Waals surface area contributed by atoms with Crippen molar-refractivity contribution in [3.8, 4) is 0 Å². The van der Waals surface area contributed by atoms with Gasteiger partial charge in [0.05, 0.1) is 0 Å². The molecular formula is C16H13FN2O2. The van der Waals surface area contributed by atoms with Crippen LogP contribution in [0.4, 0.5) is 4.39 Å². The van der Waals surface area contributed by atoms with E-state index in [0.29, 0.717) is 11.1 Å². The van der Waals surface area contributed by atoms with Crippen LogP contribution < -0.4 is 11.1 Å². The van der Waals surface area contributed by atoms with E-state index in [0.717, 1.165) is 0 Å². The zero-order chi connectivity index (χ0) is 15.2. The van der Waals surface area contributed by atoms with E-state index in [-0.39, 0.29) is 11.5 Å². The van der Waals surface area contributed by atoms with E-state index in [4.69, 9.17) is 5.73 Å². The number of carbonyl (C=O) groups excluding carboxylic acids is 2. The lowest BCUT2D eigenvalue weighted by Gasteiger charge is -2.07. The van der Waals surface area contributed by atoms with Crippen molar-refractivity contribution in [2.45, 2.75) is 0 Å². The van der Waals surface area contributed by atoms with Gasteiger partial charge in [-0.2, -0.15) is 0 Å². The van der Waals surface area contributed by atoms with Crippen molar-refractivity contribution in [2.24, 2.45) is 5.73 Å². The highest BCUT2D eigenvalue weighted by Gasteiger charge is 2.11. The molecule has 2 aromatic carbocycles. The highest BCUT2D eigenvalue weighted by molar-refractivity contribution is 6.04. The van der Waals surface area contributed by atoms with Crippen molar-refractivity contribution in [3.05, 3.63) is 77.2 Å². The number of rotatable bonds is 4. The molecule has 4 nitrogen and oxygen atoms in total. The third-order valence-corrected chi connectivity index (χ3v) is 2.73. The van der Waals surface area contributed by atoms with E-state index >= 15 is 0 Å². The molecule has 21 heavy (non-hydrogen) atoms. The fourth-order valence-corrected chi connectivity index (χ4v) is 1.68.